The van der Waals surface area contributed by atoms with E-state index in [0.717, 1.165) is 12.8 Å². The van der Waals surface area contributed by atoms with Crippen molar-refractivity contribution in [1.29, 1.82) is 0 Å². The Morgan fingerprint density at radius 1 is 1.45 bits per heavy atom. The highest BCUT2D eigenvalue weighted by molar-refractivity contribution is 5.05. The summed E-state index contributed by atoms with van der Waals surface area (Å²) in [7, 11) is 0. The molecule has 66 valence electrons. The maximum atomic E-state index is 9.16. The van der Waals surface area contributed by atoms with Crippen molar-refractivity contribution in [3.8, 4) is 0 Å². The van der Waals surface area contributed by atoms with Crippen LogP contribution in [0, 0.1) is 5.92 Å². The lowest BCUT2D eigenvalue weighted by molar-refractivity contribution is 0.191. The summed E-state index contributed by atoms with van der Waals surface area (Å²) in [5.74, 6) is 0.620. The predicted molar refractivity (Wildman–Crippen MR) is 49.5 cm³/mol. The molecule has 0 aromatic carbocycles. The van der Waals surface area contributed by atoms with Crippen LogP contribution in [0.5, 0.6) is 0 Å². The molecule has 0 amide bonds. The molecule has 0 spiro atoms. The molecule has 11 heavy (non-hydrogen) atoms. The van der Waals surface area contributed by atoms with Gasteiger partial charge in [0.2, 0.25) is 0 Å². The second-order valence-corrected chi connectivity index (χ2v) is 3.23. The fourth-order valence-electron chi connectivity index (χ4n) is 1.21. The quantitative estimate of drug-likeness (QED) is 0.620. The lowest BCUT2D eigenvalue weighted by Gasteiger charge is -2.14. The Morgan fingerprint density at radius 2 is 2.00 bits per heavy atom. The molecule has 0 fully saturated rings. The summed E-state index contributed by atoms with van der Waals surface area (Å²) in [6.07, 6.45) is 3.91. The molecule has 0 bridgehead atoms. The molecule has 0 heterocycles. The fourth-order valence-corrected chi connectivity index (χ4v) is 1.21. The van der Waals surface area contributed by atoms with Crippen LogP contribution >= 0.6 is 0 Å². The molecule has 0 saturated heterocycles. The molecule has 0 aliphatic carbocycles. The van der Waals surface area contributed by atoms with Gasteiger partial charge in [-0.05, 0) is 32.6 Å². The summed E-state index contributed by atoms with van der Waals surface area (Å²) >= 11 is 0. The van der Waals surface area contributed by atoms with Gasteiger partial charge in [0.25, 0.3) is 0 Å². The lowest BCUT2D eigenvalue weighted by atomic mass is 9.94. The van der Waals surface area contributed by atoms with E-state index in [2.05, 4.69) is 19.9 Å². The van der Waals surface area contributed by atoms with Crippen molar-refractivity contribution in [1.82, 2.24) is 0 Å². The second kappa shape index (κ2) is 5.36. The predicted octanol–water partition coefficient (Wildman–Crippen LogP) is 2.75. The molecule has 0 aromatic heterocycles. The van der Waals surface area contributed by atoms with Gasteiger partial charge in [0.15, 0.2) is 0 Å². The maximum Gasteiger partial charge on any atom is 0.0549 e. The standard InChI is InChI=1S/C10H20O/c1-5-8(3)10(6-2)7-9(4)11/h6,8-9,11H,5,7H2,1-4H3/b10-6+. The highest BCUT2D eigenvalue weighted by Crippen LogP contribution is 2.18. The van der Waals surface area contributed by atoms with Crippen LogP contribution < -0.4 is 0 Å². The van der Waals surface area contributed by atoms with Gasteiger partial charge < -0.3 is 5.11 Å². The van der Waals surface area contributed by atoms with Gasteiger partial charge in [-0.15, -0.1) is 0 Å². The van der Waals surface area contributed by atoms with E-state index in [-0.39, 0.29) is 6.10 Å². The minimum absolute atomic E-state index is 0.199. The Morgan fingerprint density at radius 3 is 2.27 bits per heavy atom. The van der Waals surface area contributed by atoms with Crippen LogP contribution in [0.1, 0.15) is 40.5 Å². The fraction of sp³-hybridized carbons (Fsp3) is 0.800. The molecule has 1 heteroatoms. The SMILES string of the molecule is C/C=C(\CC(C)O)C(C)CC. The van der Waals surface area contributed by atoms with Crippen molar-refractivity contribution < 1.29 is 5.11 Å². The Kier molecular flexibility index (Phi) is 5.22. The van der Waals surface area contributed by atoms with Crippen LogP contribution in [0.3, 0.4) is 0 Å². The van der Waals surface area contributed by atoms with Crippen LogP contribution in [0.2, 0.25) is 0 Å². The zero-order valence-electron chi connectivity index (χ0n) is 8.09. The number of hydrogen-bond acceptors (Lipinski definition) is 1. The van der Waals surface area contributed by atoms with E-state index in [4.69, 9.17) is 5.11 Å². The third kappa shape index (κ3) is 4.20. The Bertz CT molecular complexity index is 125. The van der Waals surface area contributed by atoms with E-state index < -0.39 is 0 Å². The van der Waals surface area contributed by atoms with Gasteiger partial charge in [0, 0.05) is 0 Å². The summed E-state index contributed by atoms with van der Waals surface area (Å²) in [5, 5.41) is 9.16. The summed E-state index contributed by atoms with van der Waals surface area (Å²) in [4.78, 5) is 0. The van der Waals surface area contributed by atoms with Gasteiger partial charge in [-0.25, -0.2) is 0 Å². The van der Waals surface area contributed by atoms with Crippen molar-refractivity contribution in [3.63, 3.8) is 0 Å². The van der Waals surface area contributed by atoms with E-state index >= 15 is 0 Å². The molecule has 0 aliphatic heterocycles. The van der Waals surface area contributed by atoms with Crippen LogP contribution in [-0.4, -0.2) is 11.2 Å². The first kappa shape index (κ1) is 10.7. The smallest absolute Gasteiger partial charge is 0.0549 e. The monoisotopic (exact) mass is 156 g/mol. The summed E-state index contributed by atoms with van der Waals surface area (Å²) < 4.78 is 0. The molecule has 0 aromatic rings. The van der Waals surface area contributed by atoms with Crippen molar-refractivity contribution in [2.24, 2.45) is 5.92 Å². The third-order valence-corrected chi connectivity index (χ3v) is 2.15. The molecule has 0 saturated carbocycles. The number of rotatable bonds is 4. The average Bonchev–Trinajstić information content (AvgIpc) is 1.98. The Labute approximate surface area is 70.1 Å². The topological polar surface area (TPSA) is 20.2 Å². The highest BCUT2D eigenvalue weighted by atomic mass is 16.3. The van der Waals surface area contributed by atoms with Crippen molar-refractivity contribution >= 4 is 0 Å². The van der Waals surface area contributed by atoms with Crippen molar-refractivity contribution in [2.75, 3.05) is 0 Å². The van der Waals surface area contributed by atoms with Gasteiger partial charge in [-0.2, -0.15) is 0 Å². The van der Waals surface area contributed by atoms with Crippen LogP contribution in [-0.2, 0) is 0 Å². The summed E-state index contributed by atoms with van der Waals surface area (Å²) in [6, 6.07) is 0. The van der Waals surface area contributed by atoms with Crippen molar-refractivity contribution in [3.05, 3.63) is 11.6 Å². The van der Waals surface area contributed by atoms with E-state index in [1.807, 2.05) is 13.8 Å². The van der Waals surface area contributed by atoms with E-state index in [1.54, 1.807) is 0 Å². The first-order valence-corrected chi connectivity index (χ1v) is 4.44. The number of allylic oxidation sites excluding steroid dienone is 1. The van der Waals surface area contributed by atoms with Crippen LogP contribution in [0.25, 0.3) is 0 Å². The van der Waals surface area contributed by atoms with E-state index in [1.165, 1.54) is 5.57 Å². The van der Waals surface area contributed by atoms with Crippen molar-refractivity contribution in [2.45, 2.75) is 46.6 Å². The first-order valence-electron chi connectivity index (χ1n) is 4.44. The van der Waals surface area contributed by atoms with Gasteiger partial charge in [0.1, 0.15) is 0 Å². The number of aliphatic hydroxyl groups excluding tert-OH is 1. The number of aliphatic hydroxyl groups is 1. The number of hydrogen-bond donors (Lipinski definition) is 1. The van der Waals surface area contributed by atoms with E-state index in [0.29, 0.717) is 5.92 Å². The molecule has 2 atom stereocenters. The molecule has 0 aliphatic rings. The third-order valence-electron chi connectivity index (χ3n) is 2.15. The molecule has 1 nitrogen and oxygen atoms in total. The zero-order chi connectivity index (χ0) is 8.85. The molecule has 1 N–H and O–H groups in total. The largest absolute Gasteiger partial charge is 0.393 e. The lowest BCUT2D eigenvalue weighted by Crippen LogP contribution is -2.06. The zero-order valence-corrected chi connectivity index (χ0v) is 8.09. The minimum atomic E-state index is -0.199. The normalized spacial score (nSPS) is 18.1. The second-order valence-electron chi connectivity index (χ2n) is 3.23. The molecule has 0 rings (SSSR count). The Hall–Kier alpha value is -0.300. The average molecular weight is 156 g/mol. The van der Waals surface area contributed by atoms with Gasteiger partial charge in [-0.3, -0.25) is 0 Å². The first-order chi connectivity index (χ1) is 5.11. The van der Waals surface area contributed by atoms with Gasteiger partial charge >= 0.3 is 0 Å². The molecular weight excluding hydrogens is 136 g/mol. The van der Waals surface area contributed by atoms with Crippen LogP contribution in [0.15, 0.2) is 11.6 Å². The summed E-state index contributed by atoms with van der Waals surface area (Å²) in [6.45, 7) is 8.27. The van der Waals surface area contributed by atoms with Gasteiger partial charge in [0.05, 0.1) is 6.10 Å². The Balaban J connectivity index is 3.97. The van der Waals surface area contributed by atoms with Gasteiger partial charge in [-0.1, -0.05) is 25.5 Å². The van der Waals surface area contributed by atoms with E-state index in [9.17, 15) is 0 Å². The minimum Gasteiger partial charge on any atom is -0.393 e. The molecule has 0 radical (unpaired) electrons. The highest BCUT2D eigenvalue weighted by Gasteiger charge is 2.07. The van der Waals surface area contributed by atoms with Crippen LogP contribution in [0.4, 0.5) is 0 Å². The summed E-state index contributed by atoms with van der Waals surface area (Å²) in [5.41, 5.74) is 1.38. The molecule has 2 unspecified atom stereocenters. The maximum absolute atomic E-state index is 9.16. The molecular formula is C10H20O.